The van der Waals surface area contributed by atoms with Crippen LogP contribution in [0.4, 0.5) is 18.2 Å². The van der Waals surface area contributed by atoms with Crippen molar-refractivity contribution in [3.05, 3.63) is 62.7 Å². The molecule has 2 heterocycles. The molecule has 0 bridgehead atoms. The summed E-state index contributed by atoms with van der Waals surface area (Å²) in [6.45, 7) is 0. The molecule has 4 nitrogen and oxygen atoms in total. The summed E-state index contributed by atoms with van der Waals surface area (Å²) in [4.78, 5) is 29.4. The van der Waals surface area contributed by atoms with Gasteiger partial charge in [0, 0.05) is 34.9 Å². The van der Waals surface area contributed by atoms with E-state index >= 15 is 0 Å². The molecule has 2 aliphatic carbocycles. The van der Waals surface area contributed by atoms with E-state index in [-0.39, 0.29) is 30.1 Å². The first-order chi connectivity index (χ1) is 16.8. The predicted molar refractivity (Wildman–Crippen MR) is 127 cm³/mol. The first-order valence-corrected chi connectivity index (χ1v) is 12.9. The third-order valence-corrected chi connectivity index (χ3v) is 8.56. The molecule has 1 amide bonds. The number of anilines is 1. The molecule has 0 N–H and O–H groups in total. The normalized spacial score (nSPS) is 21.2. The van der Waals surface area contributed by atoms with E-state index in [2.05, 4.69) is 6.07 Å². The van der Waals surface area contributed by atoms with Gasteiger partial charge >= 0.3 is 6.18 Å². The summed E-state index contributed by atoms with van der Waals surface area (Å²) < 4.78 is 41.5. The number of amides is 1. The molecule has 0 saturated carbocycles. The van der Waals surface area contributed by atoms with Gasteiger partial charge in [-0.2, -0.15) is 18.4 Å². The number of benzene rings is 1. The van der Waals surface area contributed by atoms with E-state index in [0.29, 0.717) is 34.7 Å². The Labute approximate surface area is 206 Å². The number of allylic oxidation sites excluding steroid dienone is 2. The minimum absolute atomic E-state index is 0.0327. The van der Waals surface area contributed by atoms with Crippen molar-refractivity contribution in [2.24, 2.45) is 0 Å². The monoisotopic (exact) mass is 498 g/mol. The van der Waals surface area contributed by atoms with Crippen LogP contribution in [0.15, 0.2) is 35.5 Å². The fraction of sp³-hybridized carbons (Fsp3) is 0.444. The van der Waals surface area contributed by atoms with Crippen LogP contribution in [0.25, 0.3) is 0 Å². The van der Waals surface area contributed by atoms with Crippen molar-refractivity contribution >= 4 is 28.0 Å². The van der Waals surface area contributed by atoms with Crippen molar-refractivity contribution < 1.29 is 22.8 Å². The molecule has 1 aromatic carbocycles. The highest BCUT2D eigenvalue weighted by molar-refractivity contribution is 7.16. The van der Waals surface area contributed by atoms with Crippen molar-refractivity contribution in [2.75, 3.05) is 4.90 Å². The Balaban J connectivity index is 1.68. The quantitative estimate of drug-likeness (QED) is 0.456. The molecule has 1 aromatic heterocycles. The lowest BCUT2D eigenvalue weighted by Crippen LogP contribution is -2.41. The second-order valence-corrected chi connectivity index (χ2v) is 10.5. The van der Waals surface area contributed by atoms with E-state index in [0.717, 1.165) is 55.0 Å². The number of thiophene rings is 1. The van der Waals surface area contributed by atoms with Crippen molar-refractivity contribution in [3.8, 4) is 6.07 Å². The average molecular weight is 499 g/mol. The zero-order valence-corrected chi connectivity index (χ0v) is 20.0. The number of rotatable bonds is 2. The Morgan fingerprint density at radius 3 is 2.46 bits per heavy atom. The second kappa shape index (κ2) is 9.27. The number of hydrogen-bond acceptors (Lipinski definition) is 4. The largest absolute Gasteiger partial charge is 0.416 e. The van der Waals surface area contributed by atoms with Gasteiger partial charge in [0.25, 0.3) is 0 Å². The second-order valence-electron chi connectivity index (χ2n) is 9.42. The Bertz CT molecular complexity index is 1270. The van der Waals surface area contributed by atoms with E-state index in [1.165, 1.54) is 34.4 Å². The number of fused-ring (bicyclic) bond motifs is 1. The number of nitrogens with zero attached hydrogens (tertiary/aromatic N) is 2. The molecule has 35 heavy (non-hydrogen) atoms. The summed E-state index contributed by atoms with van der Waals surface area (Å²) in [5, 5.41) is 10.6. The van der Waals surface area contributed by atoms with Crippen molar-refractivity contribution in [3.63, 3.8) is 0 Å². The van der Waals surface area contributed by atoms with Gasteiger partial charge < -0.3 is 0 Å². The molecule has 0 radical (unpaired) electrons. The standard InChI is InChI=1S/C27H25F3N2O2S/c28-27(29,30)20-10-6-5-8-16(20)18-14-24(34)32(21-11-7-12-22(33)25(18)21)26-19(15-31)17-9-3-1-2-4-13-23(17)35-26/h5-6,8,10,18H,1-4,7,9,11-14H2/t18-/m0/s1. The van der Waals surface area contributed by atoms with Gasteiger partial charge in [-0.05, 0) is 55.7 Å². The van der Waals surface area contributed by atoms with Gasteiger partial charge in [-0.1, -0.05) is 31.0 Å². The summed E-state index contributed by atoms with van der Waals surface area (Å²) in [5.74, 6) is -1.50. The Morgan fingerprint density at radius 1 is 0.971 bits per heavy atom. The lowest BCUT2D eigenvalue weighted by molar-refractivity contribution is -0.138. The number of Topliss-reactive ketones (excluding diaryl/α,β-unsaturated/α-hetero) is 1. The molecule has 0 spiro atoms. The maximum absolute atomic E-state index is 13.8. The number of hydrogen-bond donors (Lipinski definition) is 0. The van der Waals surface area contributed by atoms with Crippen LogP contribution in [0.2, 0.25) is 0 Å². The van der Waals surface area contributed by atoms with Crippen LogP contribution in [-0.4, -0.2) is 11.7 Å². The highest BCUT2D eigenvalue weighted by Crippen LogP contribution is 2.49. The summed E-state index contributed by atoms with van der Waals surface area (Å²) >= 11 is 1.44. The van der Waals surface area contributed by atoms with E-state index in [1.807, 2.05) is 0 Å². The summed E-state index contributed by atoms with van der Waals surface area (Å²) in [6, 6.07) is 7.53. The van der Waals surface area contributed by atoms with Crippen molar-refractivity contribution in [1.82, 2.24) is 0 Å². The zero-order valence-electron chi connectivity index (χ0n) is 19.2. The smallest absolute Gasteiger partial charge is 0.294 e. The molecule has 0 saturated heterocycles. The Hall–Kier alpha value is -2.92. The van der Waals surface area contributed by atoms with Gasteiger partial charge in [-0.15, -0.1) is 11.3 Å². The Morgan fingerprint density at radius 2 is 1.71 bits per heavy atom. The van der Waals surface area contributed by atoms with Crippen LogP contribution in [0, 0.1) is 11.3 Å². The Kier molecular flexibility index (Phi) is 6.30. The molecule has 1 aliphatic heterocycles. The molecule has 5 rings (SSSR count). The molecule has 0 fully saturated rings. The SMILES string of the molecule is N#Cc1c(N2C(=O)C[C@@H](c3ccccc3C(F)(F)F)C3=C2CCCC3=O)sc2c1CCCCCC2. The van der Waals surface area contributed by atoms with Crippen LogP contribution in [0.3, 0.4) is 0 Å². The first-order valence-electron chi connectivity index (χ1n) is 12.1. The fourth-order valence-electron chi connectivity index (χ4n) is 5.73. The molecular formula is C27H25F3N2O2S. The maximum Gasteiger partial charge on any atom is 0.416 e. The molecule has 2 aromatic rings. The number of nitriles is 1. The number of aryl methyl sites for hydroxylation is 1. The zero-order chi connectivity index (χ0) is 24.7. The summed E-state index contributed by atoms with van der Waals surface area (Å²) in [7, 11) is 0. The van der Waals surface area contributed by atoms with Gasteiger partial charge in [-0.25, -0.2) is 0 Å². The molecule has 0 unspecified atom stereocenters. The third kappa shape index (κ3) is 4.20. The van der Waals surface area contributed by atoms with Crippen molar-refractivity contribution in [1.29, 1.82) is 5.26 Å². The van der Waals surface area contributed by atoms with Gasteiger partial charge in [0.2, 0.25) is 5.91 Å². The highest BCUT2D eigenvalue weighted by atomic mass is 32.1. The lowest BCUT2D eigenvalue weighted by atomic mass is 9.76. The van der Waals surface area contributed by atoms with E-state index in [1.54, 1.807) is 0 Å². The van der Waals surface area contributed by atoms with Crippen LogP contribution >= 0.6 is 11.3 Å². The van der Waals surface area contributed by atoms with Crippen LogP contribution in [-0.2, 0) is 28.6 Å². The van der Waals surface area contributed by atoms with Gasteiger partial charge in [-0.3, -0.25) is 14.5 Å². The summed E-state index contributed by atoms with van der Waals surface area (Å²) in [5.41, 5.74) is 1.42. The number of carbonyl (C=O) groups is 2. The van der Waals surface area contributed by atoms with Crippen molar-refractivity contribution in [2.45, 2.75) is 76.3 Å². The number of carbonyl (C=O) groups excluding carboxylic acids is 2. The average Bonchev–Trinajstić information content (AvgIpc) is 3.13. The highest BCUT2D eigenvalue weighted by Gasteiger charge is 2.44. The molecular weight excluding hydrogens is 473 g/mol. The van der Waals surface area contributed by atoms with Gasteiger partial charge in [0.05, 0.1) is 11.1 Å². The van der Waals surface area contributed by atoms with E-state index < -0.39 is 17.7 Å². The first kappa shape index (κ1) is 23.8. The lowest BCUT2D eigenvalue weighted by Gasteiger charge is -2.38. The minimum atomic E-state index is -4.59. The van der Waals surface area contributed by atoms with Crippen LogP contribution in [0.1, 0.15) is 84.4 Å². The predicted octanol–water partition coefficient (Wildman–Crippen LogP) is 6.83. The number of ketones is 1. The topological polar surface area (TPSA) is 61.2 Å². The summed E-state index contributed by atoms with van der Waals surface area (Å²) in [6.07, 6.45) is 2.24. The minimum Gasteiger partial charge on any atom is -0.294 e. The van der Waals surface area contributed by atoms with Crippen LogP contribution in [0.5, 0.6) is 0 Å². The number of halogens is 3. The van der Waals surface area contributed by atoms with Crippen LogP contribution < -0.4 is 4.90 Å². The van der Waals surface area contributed by atoms with E-state index in [9.17, 15) is 28.0 Å². The molecule has 8 heteroatoms. The third-order valence-electron chi connectivity index (χ3n) is 7.28. The van der Waals surface area contributed by atoms with Gasteiger partial charge in [0.15, 0.2) is 5.78 Å². The fourth-order valence-corrected chi connectivity index (χ4v) is 7.11. The molecule has 1 atom stereocenters. The molecule has 3 aliphatic rings. The van der Waals surface area contributed by atoms with Gasteiger partial charge in [0.1, 0.15) is 11.1 Å². The number of alkyl halides is 3. The maximum atomic E-state index is 13.8. The van der Waals surface area contributed by atoms with E-state index in [4.69, 9.17) is 0 Å². The molecule has 182 valence electrons.